The lowest BCUT2D eigenvalue weighted by Crippen LogP contribution is -2.42. The van der Waals surface area contributed by atoms with Gasteiger partial charge >= 0.3 is 0 Å². The summed E-state index contributed by atoms with van der Waals surface area (Å²) in [6, 6.07) is 8.29. The molecule has 0 aromatic heterocycles. The van der Waals surface area contributed by atoms with E-state index in [-0.39, 0.29) is 11.3 Å². The minimum atomic E-state index is 0.157. The van der Waals surface area contributed by atoms with Crippen LogP contribution in [0.2, 0.25) is 0 Å². The number of nitrogens with zero attached hydrogens (tertiary/aromatic N) is 1. The van der Waals surface area contributed by atoms with E-state index in [4.69, 9.17) is 4.74 Å². The first kappa shape index (κ1) is 19.8. The molecule has 0 aliphatic carbocycles. The molecule has 1 aliphatic rings. The van der Waals surface area contributed by atoms with Gasteiger partial charge in [-0.3, -0.25) is 4.79 Å². The van der Waals surface area contributed by atoms with Gasteiger partial charge in [-0.25, -0.2) is 0 Å². The molecule has 25 heavy (non-hydrogen) atoms. The average molecular weight is 347 g/mol. The first-order valence-corrected chi connectivity index (χ1v) is 9.56. The summed E-state index contributed by atoms with van der Waals surface area (Å²) in [6.07, 6.45) is 3.69. The van der Waals surface area contributed by atoms with Crippen LogP contribution < -0.4 is 10.1 Å². The van der Waals surface area contributed by atoms with E-state index in [1.54, 1.807) is 0 Å². The van der Waals surface area contributed by atoms with Gasteiger partial charge in [-0.2, -0.15) is 0 Å². The fourth-order valence-corrected chi connectivity index (χ4v) is 3.37. The highest BCUT2D eigenvalue weighted by Gasteiger charge is 2.22. The molecule has 0 spiro atoms. The molecule has 1 atom stereocenters. The molecule has 1 saturated heterocycles. The topological polar surface area (TPSA) is 41.6 Å². The van der Waals surface area contributed by atoms with Crippen LogP contribution in [-0.4, -0.2) is 44.1 Å². The van der Waals surface area contributed by atoms with Gasteiger partial charge in [0.05, 0.1) is 6.61 Å². The van der Waals surface area contributed by atoms with Crippen LogP contribution in [0.5, 0.6) is 5.75 Å². The quantitative estimate of drug-likeness (QED) is 0.767. The van der Waals surface area contributed by atoms with Crippen molar-refractivity contribution < 1.29 is 9.53 Å². The zero-order valence-electron chi connectivity index (χ0n) is 16.3. The molecule has 1 aromatic carbocycles. The number of hydrogen-bond acceptors (Lipinski definition) is 3. The Kier molecular flexibility index (Phi) is 7.30. The largest absolute Gasteiger partial charge is 0.494 e. The van der Waals surface area contributed by atoms with Gasteiger partial charge in [0.2, 0.25) is 5.91 Å². The van der Waals surface area contributed by atoms with Crippen LogP contribution in [0.4, 0.5) is 0 Å². The molecule has 1 heterocycles. The Balaban J connectivity index is 1.69. The molecular formula is C21H34N2O2. The Labute approximate surface area is 152 Å². The van der Waals surface area contributed by atoms with E-state index >= 15 is 0 Å². The zero-order valence-corrected chi connectivity index (χ0v) is 16.3. The number of ether oxygens (including phenoxy) is 1. The van der Waals surface area contributed by atoms with Crippen LogP contribution in [0.25, 0.3) is 0 Å². The van der Waals surface area contributed by atoms with Crippen LogP contribution in [-0.2, 0) is 10.2 Å². The van der Waals surface area contributed by atoms with E-state index in [2.05, 4.69) is 38.2 Å². The fraction of sp³-hybridized carbons (Fsp3) is 0.667. The SMILES string of the molecule is CNCC1CCCN(C(=O)CCCOc2ccc(C(C)(C)C)cc2)C1. The maximum Gasteiger partial charge on any atom is 0.222 e. The molecule has 2 rings (SSSR count). The Morgan fingerprint density at radius 1 is 1.28 bits per heavy atom. The summed E-state index contributed by atoms with van der Waals surface area (Å²) in [5.41, 5.74) is 1.46. The van der Waals surface area contributed by atoms with Gasteiger partial charge in [0.15, 0.2) is 0 Å². The normalized spacial score (nSPS) is 18.2. The van der Waals surface area contributed by atoms with E-state index in [0.717, 1.165) is 38.2 Å². The van der Waals surface area contributed by atoms with Crippen molar-refractivity contribution in [3.8, 4) is 5.75 Å². The van der Waals surface area contributed by atoms with Crippen LogP contribution >= 0.6 is 0 Å². The van der Waals surface area contributed by atoms with Crippen LogP contribution in [0.3, 0.4) is 0 Å². The van der Waals surface area contributed by atoms with Crippen molar-refractivity contribution >= 4 is 5.91 Å². The number of piperidine rings is 1. The Morgan fingerprint density at radius 2 is 2.00 bits per heavy atom. The third-order valence-electron chi connectivity index (χ3n) is 4.89. The molecule has 0 saturated carbocycles. The number of likely N-dealkylation sites (tertiary alicyclic amines) is 1. The first-order chi connectivity index (χ1) is 11.9. The number of hydrogen-bond donors (Lipinski definition) is 1. The molecule has 1 aliphatic heterocycles. The molecule has 0 radical (unpaired) electrons. The molecular weight excluding hydrogens is 312 g/mol. The smallest absolute Gasteiger partial charge is 0.222 e. The second-order valence-corrected chi connectivity index (χ2v) is 8.13. The Bertz CT molecular complexity index is 532. The molecule has 140 valence electrons. The van der Waals surface area contributed by atoms with Gasteiger partial charge in [0, 0.05) is 19.5 Å². The lowest BCUT2D eigenvalue weighted by atomic mass is 9.87. The van der Waals surface area contributed by atoms with Crippen LogP contribution in [0.1, 0.15) is 52.0 Å². The van der Waals surface area contributed by atoms with E-state index in [1.807, 2.05) is 24.1 Å². The number of benzene rings is 1. The Hall–Kier alpha value is -1.55. The standard InChI is InChI=1S/C21H34N2O2/c1-21(2,3)18-9-11-19(12-10-18)25-14-6-8-20(24)23-13-5-7-17(16-23)15-22-4/h9-12,17,22H,5-8,13-16H2,1-4H3. The van der Waals surface area contributed by atoms with Gasteiger partial charge in [-0.1, -0.05) is 32.9 Å². The average Bonchev–Trinajstić information content (AvgIpc) is 2.59. The lowest BCUT2D eigenvalue weighted by molar-refractivity contribution is -0.133. The van der Waals surface area contributed by atoms with Gasteiger partial charge in [-0.15, -0.1) is 0 Å². The fourth-order valence-electron chi connectivity index (χ4n) is 3.37. The second-order valence-electron chi connectivity index (χ2n) is 8.13. The predicted octanol–water partition coefficient (Wildman–Crippen LogP) is 3.60. The van der Waals surface area contributed by atoms with Crippen molar-refractivity contribution in [2.75, 3.05) is 33.3 Å². The van der Waals surface area contributed by atoms with Crippen molar-refractivity contribution in [3.05, 3.63) is 29.8 Å². The summed E-state index contributed by atoms with van der Waals surface area (Å²) in [4.78, 5) is 14.4. The summed E-state index contributed by atoms with van der Waals surface area (Å²) < 4.78 is 5.79. The predicted molar refractivity (Wildman–Crippen MR) is 103 cm³/mol. The molecule has 1 aromatic rings. The highest BCUT2D eigenvalue weighted by Crippen LogP contribution is 2.24. The Morgan fingerprint density at radius 3 is 2.64 bits per heavy atom. The number of amides is 1. The molecule has 1 N–H and O–H groups in total. The maximum atomic E-state index is 12.4. The van der Waals surface area contributed by atoms with E-state index in [9.17, 15) is 4.79 Å². The highest BCUT2D eigenvalue weighted by molar-refractivity contribution is 5.76. The minimum Gasteiger partial charge on any atom is -0.494 e. The highest BCUT2D eigenvalue weighted by atomic mass is 16.5. The molecule has 4 nitrogen and oxygen atoms in total. The van der Waals surface area contributed by atoms with Crippen molar-refractivity contribution in [2.24, 2.45) is 5.92 Å². The number of carbonyl (C=O) groups excluding carboxylic acids is 1. The number of nitrogens with one attached hydrogen (secondary N) is 1. The molecule has 1 unspecified atom stereocenters. The summed E-state index contributed by atoms with van der Waals surface area (Å²) >= 11 is 0. The molecule has 1 amide bonds. The van der Waals surface area contributed by atoms with Gasteiger partial charge in [-0.05, 0) is 61.9 Å². The monoisotopic (exact) mass is 346 g/mol. The summed E-state index contributed by atoms with van der Waals surface area (Å²) in [6.45, 7) is 10.0. The van der Waals surface area contributed by atoms with Gasteiger partial charge in [0.1, 0.15) is 5.75 Å². The third-order valence-corrected chi connectivity index (χ3v) is 4.89. The summed E-state index contributed by atoms with van der Waals surface area (Å²) in [7, 11) is 1.98. The first-order valence-electron chi connectivity index (χ1n) is 9.56. The minimum absolute atomic E-state index is 0.157. The van der Waals surface area contributed by atoms with Crippen LogP contribution in [0.15, 0.2) is 24.3 Å². The number of rotatable bonds is 7. The lowest BCUT2D eigenvalue weighted by Gasteiger charge is -2.32. The summed E-state index contributed by atoms with van der Waals surface area (Å²) in [5, 5.41) is 3.22. The molecule has 0 bridgehead atoms. The van der Waals surface area contributed by atoms with Crippen molar-refractivity contribution in [3.63, 3.8) is 0 Å². The molecule has 1 fully saturated rings. The van der Waals surface area contributed by atoms with Gasteiger partial charge in [0.25, 0.3) is 0 Å². The zero-order chi connectivity index (χ0) is 18.3. The van der Waals surface area contributed by atoms with Crippen molar-refractivity contribution in [1.29, 1.82) is 0 Å². The van der Waals surface area contributed by atoms with Crippen molar-refractivity contribution in [1.82, 2.24) is 10.2 Å². The van der Waals surface area contributed by atoms with E-state index in [0.29, 0.717) is 18.9 Å². The molecule has 4 heteroatoms. The van der Waals surface area contributed by atoms with Gasteiger partial charge < -0.3 is 15.0 Å². The summed E-state index contributed by atoms with van der Waals surface area (Å²) in [5.74, 6) is 1.75. The second kappa shape index (κ2) is 9.23. The third kappa shape index (κ3) is 6.35. The van der Waals surface area contributed by atoms with Crippen molar-refractivity contribution in [2.45, 2.75) is 51.9 Å². The van der Waals surface area contributed by atoms with Crippen LogP contribution in [0, 0.1) is 5.92 Å². The van der Waals surface area contributed by atoms with E-state index in [1.165, 1.54) is 12.0 Å². The number of carbonyl (C=O) groups is 1. The maximum absolute atomic E-state index is 12.4. The van der Waals surface area contributed by atoms with E-state index < -0.39 is 0 Å².